The van der Waals surface area contributed by atoms with Gasteiger partial charge in [0.25, 0.3) is 0 Å². The number of rotatable bonds is 8. The summed E-state index contributed by atoms with van der Waals surface area (Å²) in [7, 11) is 2.35. The van der Waals surface area contributed by atoms with Crippen LogP contribution in [-0.4, -0.2) is 58.4 Å². The van der Waals surface area contributed by atoms with Crippen LogP contribution >= 0.6 is 15.9 Å². The first-order chi connectivity index (χ1) is 13.2. The van der Waals surface area contributed by atoms with Gasteiger partial charge < -0.3 is 14.4 Å². The predicted octanol–water partition coefficient (Wildman–Crippen LogP) is 2.75. The molecule has 28 heavy (non-hydrogen) atoms. The molecule has 2 aromatic carbocycles. The Labute approximate surface area is 174 Å². The number of nitrogens with zero attached hydrogens (tertiary/aromatic N) is 2. The summed E-state index contributed by atoms with van der Waals surface area (Å²) in [6.45, 7) is 0.0492. The summed E-state index contributed by atoms with van der Waals surface area (Å²) in [4.78, 5) is 14.1. The smallest absolute Gasteiger partial charge is 0.243 e. The van der Waals surface area contributed by atoms with E-state index >= 15 is 0 Å². The minimum atomic E-state index is -3.75. The van der Waals surface area contributed by atoms with Crippen molar-refractivity contribution in [3.05, 3.63) is 52.5 Å². The van der Waals surface area contributed by atoms with Crippen LogP contribution in [0.1, 0.15) is 5.56 Å². The Morgan fingerprint density at radius 2 is 1.61 bits per heavy atom. The van der Waals surface area contributed by atoms with E-state index in [-0.39, 0.29) is 17.3 Å². The molecule has 0 aliphatic carbocycles. The normalized spacial score (nSPS) is 11.4. The van der Waals surface area contributed by atoms with Crippen LogP contribution < -0.4 is 9.47 Å². The van der Waals surface area contributed by atoms with E-state index in [1.54, 1.807) is 45.5 Å². The van der Waals surface area contributed by atoms with E-state index in [9.17, 15) is 13.2 Å². The Hall–Kier alpha value is -2.10. The van der Waals surface area contributed by atoms with Crippen LogP contribution in [-0.2, 0) is 21.4 Å². The van der Waals surface area contributed by atoms with Gasteiger partial charge >= 0.3 is 0 Å². The Morgan fingerprint density at radius 3 is 2.18 bits per heavy atom. The minimum Gasteiger partial charge on any atom is -0.493 e. The van der Waals surface area contributed by atoms with Gasteiger partial charge in [-0.05, 0) is 42.0 Å². The maximum atomic E-state index is 12.6. The molecule has 0 bridgehead atoms. The third-order valence-corrected chi connectivity index (χ3v) is 6.52. The second-order valence-corrected chi connectivity index (χ2v) is 9.11. The monoisotopic (exact) mass is 470 g/mol. The Kier molecular flexibility index (Phi) is 7.45. The number of sulfonamides is 1. The highest BCUT2D eigenvalue weighted by Gasteiger charge is 2.24. The summed E-state index contributed by atoms with van der Waals surface area (Å²) in [5, 5.41) is 0. The molecule has 0 aliphatic rings. The van der Waals surface area contributed by atoms with Gasteiger partial charge in [0.2, 0.25) is 15.9 Å². The van der Waals surface area contributed by atoms with E-state index in [1.807, 2.05) is 6.07 Å². The van der Waals surface area contributed by atoms with Gasteiger partial charge in [-0.15, -0.1) is 0 Å². The number of benzene rings is 2. The Balaban J connectivity index is 2.06. The summed E-state index contributed by atoms with van der Waals surface area (Å²) in [6.07, 6.45) is 0. The van der Waals surface area contributed by atoms with Crippen molar-refractivity contribution in [1.29, 1.82) is 0 Å². The van der Waals surface area contributed by atoms with Crippen LogP contribution in [0.3, 0.4) is 0 Å². The fourth-order valence-corrected chi connectivity index (χ4v) is 3.91. The molecule has 9 heteroatoms. The maximum Gasteiger partial charge on any atom is 0.243 e. The molecule has 0 saturated heterocycles. The van der Waals surface area contributed by atoms with Crippen molar-refractivity contribution in [3.63, 3.8) is 0 Å². The van der Waals surface area contributed by atoms with E-state index in [4.69, 9.17) is 9.47 Å². The number of ether oxygens (including phenoxy) is 2. The number of hydrogen-bond acceptors (Lipinski definition) is 5. The maximum absolute atomic E-state index is 12.6. The zero-order valence-corrected chi connectivity index (χ0v) is 18.6. The quantitative estimate of drug-likeness (QED) is 0.592. The highest BCUT2D eigenvalue weighted by Crippen LogP contribution is 2.28. The first kappa shape index (κ1) is 22.2. The average Bonchev–Trinajstić information content (AvgIpc) is 2.67. The number of hydrogen-bond donors (Lipinski definition) is 0. The third-order valence-electron chi connectivity index (χ3n) is 4.17. The second-order valence-electron chi connectivity index (χ2n) is 6.15. The van der Waals surface area contributed by atoms with Crippen molar-refractivity contribution >= 4 is 31.9 Å². The molecule has 0 fully saturated rings. The summed E-state index contributed by atoms with van der Waals surface area (Å²) in [6, 6.07) is 11.6. The molecular formula is C19H23BrN2O5S. The fraction of sp³-hybridized carbons (Fsp3) is 0.316. The molecule has 0 heterocycles. The topological polar surface area (TPSA) is 76.2 Å². The van der Waals surface area contributed by atoms with Crippen molar-refractivity contribution in [2.45, 2.75) is 11.4 Å². The van der Waals surface area contributed by atoms with Crippen LogP contribution in [0.15, 0.2) is 51.8 Å². The van der Waals surface area contributed by atoms with Crippen LogP contribution in [0, 0.1) is 0 Å². The van der Waals surface area contributed by atoms with Gasteiger partial charge in [-0.25, -0.2) is 8.42 Å². The minimum absolute atomic E-state index is 0.133. The predicted molar refractivity (Wildman–Crippen MR) is 110 cm³/mol. The summed E-state index contributed by atoms with van der Waals surface area (Å²) in [5.74, 6) is 0.842. The van der Waals surface area contributed by atoms with Crippen LogP contribution in [0.5, 0.6) is 11.5 Å². The zero-order chi connectivity index (χ0) is 20.9. The van der Waals surface area contributed by atoms with E-state index in [0.717, 1.165) is 14.3 Å². The number of likely N-dealkylation sites (N-methyl/N-ethyl adjacent to an activating group) is 2. The Morgan fingerprint density at radius 1 is 1.00 bits per heavy atom. The van der Waals surface area contributed by atoms with Gasteiger partial charge in [0, 0.05) is 25.1 Å². The lowest BCUT2D eigenvalue weighted by Gasteiger charge is -2.22. The molecule has 7 nitrogen and oxygen atoms in total. The van der Waals surface area contributed by atoms with Gasteiger partial charge in [0.05, 0.1) is 25.7 Å². The molecule has 0 aliphatic heterocycles. The fourth-order valence-electron chi connectivity index (χ4n) is 2.52. The molecule has 0 atom stereocenters. The number of carbonyl (C=O) groups is 1. The van der Waals surface area contributed by atoms with Gasteiger partial charge in [0.15, 0.2) is 11.5 Å². The van der Waals surface area contributed by atoms with Crippen molar-refractivity contribution in [2.75, 3.05) is 34.9 Å². The highest BCUT2D eigenvalue weighted by molar-refractivity contribution is 9.10. The van der Waals surface area contributed by atoms with Crippen molar-refractivity contribution in [2.24, 2.45) is 0 Å². The van der Waals surface area contributed by atoms with Gasteiger partial charge in [-0.3, -0.25) is 4.79 Å². The lowest BCUT2D eigenvalue weighted by molar-refractivity contribution is -0.130. The number of methoxy groups -OCH3 is 2. The molecular weight excluding hydrogens is 448 g/mol. The van der Waals surface area contributed by atoms with E-state index in [1.165, 1.54) is 24.1 Å². The van der Waals surface area contributed by atoms with E-state index < -0.39 is 10.0 Å². The van der Waals surface area contributed by atoms with Crippen LogP contribution in [0.2, 0.25) is 0 Å². The molecule has 0 radical (unpaired) electrons. The lowest BCUT2D eigenvalue weighted by Crippen LogP contribution is -2.39. The largest absolute Gasteiger partial charge is 0.493 e. The standard InChI is InChI=1S/C19H23BrN2O5S/c1-21(12-14-5-10-17(26-3)18(11-14)27-4)19(23)13-22(2)28(24,25)16-8-6-15(20)7-9-16/h5-11H,12-13H2,1-4H3. The summed E-state index contributed by atoms with van der Waals surface area (Å²) >= 11 is 3.27. The van der Waals surface area contributed by atoms with Gasteiger partial charge in [-0.1, -0.05) is 22.0 Å². The molecule has 1 amide bonds. The van der Waals surface area contributed by atoms with Gasteiger partial charge in [-0.2, -0.15) is 4.31 Å². The first-order valence-corrected chi connectivity index (χ1v) is 10.6. The summed E-state index contributed by atoms with van der Waals surface area (Å²) in [5.41, 5.74) is 0.840. The van der Waals surface area contributed by atoms with E-state index in [0.29, 0.717) is 18.0 Å². The lowest BCUT2D eigenvalue weighted by atomic mass is 10.2. The Bertz CT molecular complexity index is 932. The van der Waals surface area contributed by atoms with Gasteiger partial charge in [0.1, 0.15) is 0 Å². The molecule has 0 aromatic heterocycles. The van der Waals surface area contributed by atoms with Crippen LogP contribution in [0.4, 0.5) is 0 Å². The second kappa shape index (κ2) is 9.40. The average molecular weight is 471 g/mol. The number of carbonyl (C=O) groups excluding carboxylic acids is 1. The SMILES string of the molecule is COc1ccc(CN(C)C(=O)CN(C)S(=O)(=O)c2ccc(Br)cc2)cc1OC. The van der Waals surface area contributed by atoms with Crippen LogP contribution in [0.25, 0.3) is 0 Å². The highest BCUT2D eigenvalue weighted by atomic mass is 79.9. The molecule has 0 N–H and O–H groups in total. The molecule has 2 aromatic rings. The van der Waals surface area contributed by atoms with Crippen molar-refractivity contribution < 1.29 is 22.7 Å². The first-order valence-electron chi connectivity index (χ1n) is 8.35. The molecule has 152 valence electrons. The number of halogens is 1. The molecule has 0 spiro atoms. The third kappa shape index (κ3) is 5.24. The molecule has 0 unspecified atom stereocenters. The summed E-state index contributed by atoms with van der Waals surface area (Å²) < 4.78 is 37.5. The number of amides is 1. The van der Waals surface area contributed by atoms with Crippen molar-refractivity contribution in [1.82, 2.24) is 9.21 Å². The van der Waals surface area contributed by atoms with Crippen molar-refractivity contribution in [3.8, 4) is 11.5 Å². The zero-order valence-electron chi connectivity index (χ0n) is 16.2. The molecule has 2 rings (SSSR count). The molecule has 0 saturated carbocycles. The van der Waals surface area contributed by atoms with E-state index in [2.05, 4.69) is 15.9 Å².